The molecule has 5 heteroatoms. The Morgan fingerprint density at radius 2 is 2.11 bits per heavy atom. The summed E-state index contributed by atoms with van der Waals surface area (Å²) >= 11 is 0. The van der Waals surface area contributed by atoms with Gasteiger partial charge < -0.3 is 11.5 Å². The van der Waals surface area contributed by atoms with E-state index in [-0.39, 0.29) is 30.1 Å². The fourth-order valence-corrected chi connectivity index (χ4v) is 2.18. The Labute approximate surface area is 112 Å². The van der Waals surface area contributed by atoms with Crippen molar-refractivity contribution in [3.05, 3.63) is 23.8 Å². The van der Waals surface area contributed by atoms with Gasteiger partial charge in [0, 0.05) is 12.1 Å². The number of fused-ring (bicyclic) bond motifs is 1. The quantitative estimate of drug-likeness (QED) is 0.796. The summed E-state index contributed by atoms with van der Waals surface area (Å²) in [7, 11) is 0. The molecule has 0 aliphatic carbocycles. The van der Waals surface area contributed by atoms with Crippen molar-refractivity contribution < 1.29 is 9.59 Å². The largest absolute Gasteiger partial charge is 0.399 e. The van der Waals surface area contributed by atoms with Crippen molar-refractivity contribution in [2.24, 2.45) is 11.1 Å². The molecule has 1 aliphatic heterocycles. The van der Waals surface area contributed by atoms with E-state index in [2.05, 4.69) is 0 Å². The summed E-state index contributed by atoms with van der Waals surface area (Å²) < 4.78 is 0. The van der Waals surface area contributed by atoms with Gasteiger partial charge in [0.25, 0.3) is 0 Å². The molecule has 4 N–H and O–H groups in total. The molecule has 102 valence electrons. The van der Waals surface area contributed by atoms with Gasteiger partial charge in [0.1, 0.15) is 0 Å². The molecule has 0 fully saturated rings. The third kappa shape index (κ3) is 2.61. The van der Waals surface area contributed by atoms with Crippen molar-refractivity contribution in [1.82, 2.24) is 0 Å². The van der Waals surface area contributed by atoms with E-state index >= 15 is 0 Å². The maximum Gasteiger partial charge on any atom is 0.238 e. The molecular formula is C14H19N3O2. The number of nitrogen functional groups attached to an aromatic ring is 1. The maximum absolute atomic E-state index is 12.3. The Bertz CT molecular complexity index is 537. The third-order valence-electron chi connectivity index (χ3n) is 3.37. The highest BCUT2D eigenvalue weighted by atomic mass is 16.2. The van der Waals surface area contributed by atoms with Crippen LogP contribution in [0.4, 0.5) is 11.4 Å². The molecule has 5 nitrogen and oxygen atoms in total. The van der Waals surface area contributed by atoms with Crippen LogP contribution in [0.2, 0.25) is 0 Å². The lowest BCUT2D eigenvalue weighted by atomic mass is 9.89. The predicted molar refractivity (Wildman–Crippen MR) is 74.5 cm³/mol. The van der Waals surface area contributed by atoms with Crippen molar-refractivity contribution in [1.29, 1.82) is 0 Å². The van der Waals surface area contributed by atoms with Crippen LogP contribution in [-0.2, 0) is 16.0 Å². The fourth-order valence-electron chi connectivity index (χ4n) is 2.18. The zero-order valence-electron chi connectivity index (χ0n) is 11.3. The molecule has 1 aliphatic rings. The number of benzene rings is 1. The minimum absolute atomic E-state index is 0.196. The number of imide groups is 1. The van der Waals surface area contributed by atoms with E-state index in [1.165, 1.54) is 4.90 Å². The Balaban J connectivity index is 2.27. The number of amides is 2. The standard InChI is InChI=1S/C14H19N3O2/c1-14(2,8-15)7-13(19)17-11-4-3-10(16)5-9(11)6-12(17)18/h3-5H,6-8,15-16H2,1-2H3. The van der Waals surface area contributed by atoms with Crippen molar-refractivity contribution in [2.45, 2.75) is 26.7 Å². The van der Waals surface area contributed by atoms with E-state index in [0.717, 1.165) is 5.56 Å². The lowest BCUT2D eigenvalue weighted by Gasteiger charge is -2.24. The van der Waals surface area contributed by atoms with Crippen molar-refractivity contribution in [3.63, 3.8) is 0 Å². The van der Waals surface area contributed by atoms with Gasteiger partial charge in [0.2, 0.25) is 11.8 Å². The van der Waals surface area contributed by atoms with Crippen LogP contribution in [0.15, 0.2) is 18.2 Å². The lowest BCUT2D eigenvalue weighted by Crippen LogP contribution is -2.38. The molecular weight excluding hydrogens is 242 g/mol. The van der Waals surface area contributed by atoms with E-state index in [4.69, 9.17) is 11.5 Å². The summed E-state index contributed by atoms with van der Waals surface area (Å²) in [6.07, 6.45) is 0.480. The van der Waals surface area contributed by atoms with Crippen LogP contribution in [0, 0.1) is 5.41 Å². The van der Waals surface area contributed by atoms with Gasteiger partial charge in [-0.25, -0.2) is 4.90 Å². The maximum atomic E-state index is 12.3. The highest BCUT2D eigenvalue weighted by Crippen LogP contribution is 2.32. The number of carbonyl (C=O) groups excluding carboxylic acids is 2. The molecule has 2 amide bonds. The van der Waals surface area contributed by atoms with Crippen LogP contribution >= 0.6 is 0 Å². The number of hydrogen-bond acceptors (Lipinski definition) is 4. The average molecular weight is 261 g/mol. The second-order valence-corrected chi connectivity index (χ2v) is 5.73. The molecule has 0 unspecified atom stereocenters. The first-order valence-corrected chi connectivity index (χ1v) is 6.28. The molecule has 0 bridgehead atoms. The number of nitrogens with two attached hydrogens (primary N) is 2. The van der Waals surface area contributed by atoms with Crippen LogP contribution in [0.1, 0.15) is 25.8 Å². The molecule has 0 aromatic heterocycles. The highest BCUT2D eigenvalue weighted by molar-refractivity contribution is 6.19. The van der Waals surface area contributed by atoms with E-state index in [9.17, 15) is 9.59 Å². The Morgan fingerprint density at radius 3 is 2.74 bits per heavy atom. The first-order chi connectivity index (χ1) is 8.84. The molecule has 0 spiro atoms. The molecule has 1 aromatic carbocycles. The number of hydrogen-bond donors (Lipinski definition) is 2. The zero-order valence-corrected chi connectivity index (χ0v) is 11.3. The Hall–Kier alpha value is -1.88. The van der Waals surface area contributed by atoms with Gasteiger partial charge in [-0.05, 0) is 35.7 Å². The third-order valence-corrected chi connectivity index (χ3v) is 3.37. The van der Waals surface area contributed by atoms with Gasteiger partial charge in [-0.1, -0.05) is 13.8 Å². The van der Waals surface area contributed by atoms with Crippen LogP contribution < -0.4 is 16.4 Å². The van der Waals surface area contributed by atoms with E-state index < -0.39 is 0 Å². The summed E-state index contributed by atoms with van der Waals surface area (Å²) in [6, 6.07) is 5.17. The van der Waals surface area contributed by atoms with E-state index in [0.29, 0.717) is 17.9 Å². The van der Waals surface area contributed by atoms with E-state index in [1.54, 1.807) is 18.2 Å². The lowest BCUT2D eigenvalue weighted by molar-refractivity contribution is -0.126. The van der Waals surface area contributed by atoms with Crippen LogP contribution in [0.5, 0.6) is 0 Å². The molecule has 0 radical (unpaired) electrons. The normalized spacial score (nSPS) is 14.7. The van der Waals surface area contributed by atoms with Gasteiger partial charge >= 0.3 is 0 Å². The second-order valence-electron chi connectivity index (χ2n) is 5.73. The summed E-state index contributed by atoms with van der Waals surface area (Å²) in [5, 5.41) is 0. The van der Waals surface area contributed by atoms with Crippen LogP contribution in [0.25, 0.3) is 0 Å². The molecule has 0 saturated carbocycles. The van der Waals surface area contributed by atoms with Crippen molar-refractivity contribution >= 4 is 23.2 Å². The molecule has 2 rings (SSSR count). The summed E-state index contributed by atoms with van der Waals surface area (Å²) in [6.45, 7) is 4.22. The Morgan fingerprint density at radius 1 is 1.42 bits per heavy atom. The smallest absolute Gasteiger partial charge is 0.238 e. The minimum atomic E-state index is -0.312. The summed E-state index contributed by atoms with van der Waals surface area (Å²) in [5.74, 6) is -0.401. The van der Waals surface area contributed by atoms with Crippen molar-refractivity contribution in [3.8, 4) is 0 Å². The SMILES string of the molecule is CC(C)(CN)CC(=O)N1C(=O)Cc2cc(N)ccc21. The average Bonchev–Trinajstić information content (AvgIpc) is 2.63. The van der Waals surface area contributed by atoms with E-state index in [1.807, 2.05) is 13.8 Å². The second kappa shape index (κ2) is 4.66. The molecule has 1 heterocycles. The minimum Gasteiger partial charge on any atom is -0.399 e. The van der Waals surface area contributed by atoms with Gasteiger partial charge in [-0.15, -0.1) is 0 Å². The van der Waals surface area contributed by atoms with Crippen LogP contribution in [-0.4, -0.2) is 18.4 Å². The molecule has 0 atom stereocenters. The monoisotopic (exact) mass is 261 g/mol. The van der Waals surface area contributed by atoms with Gasteiger partial charge in [0.15, 0.2) is 0 Å². The first-order valence-electron chi connectivity index (χ1n) is 6.28. The van der Waals surface area contributed by atoms with Crippen molar-refractivity contribution in [2.75, 3.05) is 17.2 Å². The highest BCUT2D eigenvalue weighted by Gasteiger charge is 2.34. The number of carbonyl (C=O) groups is 2. The van der Waals surface area contributed by atoms with Gasteiger partial charge in [-0.2, -0.15) is 0 Å². The predicted octanol–water partition coefficient (Wildman–Crippen LogP) is 1.06. The van der Waals surface area contributed by atoms with Crippen LogP contribution in [0.3, 0.4) is 0 Å². The Kier molecular flexibility index (Phi) is 3.32. The molecule has 1 aromatic rings. The van der Waals surface area contributed by atoms with Gasteiger partial charge in [0.05, 0.1) is 12.1 Å². The molecule has 19 heavy (non-hydrogen) atoms. The number of anilines is 2. The fraction of sp³-hybridized carbons (Fsp3) is 0.429. The number of rotatable bonds is 3. The van der Waals surface area contributed by atoms with Gasteiger partial charge in [-0.3, -0.25) is 9.59 Å². The topological polar surface area (TPSA) is 89.4 Å². The first kappa shape index (κ1) is 13.5. The summed E-state index contributed by atoms with van der Waals surface area (Å²) in [5.41, 5.74) is 13.1. The number of nitrogens with zero attached hydrogens (tertiary/aromatic N) is 1. The molecule has 0 saturated heterocycles. The summed E-state index contributed by atoms with van der Waals surface area (Å²) in [4.78, 5) is 25.5. The zero-order chi connectivity index (χ0) is 14.2.